The van der Waals surface area contributed by atoms with Crippen LogP contribution < -0.4 is 9.03 Å². The molecule has 130 valence electrons. The lowest BCUT2D eigenvalue weighted by Gasteiger charge is -2.18. The van der Waals surface area contributed by atoms with Gasteiger partial charge in [0.15, 0.2) is 0 Å². The van der Waals surface area contributed by atoms with Gasteiger partial charge in [0.25, 0.3) is 10.0 Å². The predicted octanol–water partition coefficient (Wildman–Crippen LogP) is 1.05. The molecule has 1 heterocycles. The molecule has 8 nitrogen and oxygen atoms in total. The van der Waals surface area contributed by atoms with E-state index in [1.54, 1.807) is 0 Å². The van der Waals surface area contributed by atoms with Crippen molar-refractivity contribution in [3.05, 3.63) is 29.8 Å². The van der Waals surface area contributed by atoms with Crippen LogP contribution in [0, 0.1) is 5.92 Å². The van der Waals surface area contributed by atoms with Crippen molar-refractivity contribution in [2.45, 2.75) is 22.6 Å². The molecule has 1 aromatic carbocycles. The molecule has 1 aliphatic carbocycles. The van der Waals surface area contributed by atoms with Crippen molar-refractivity contribution in [1.82, 2.24) is 14.9 Å². The molecule has 1 aliphatic rings. The van der Waals surface area contributed by atoms with Gasteiger partial charge in [-0.15, -0.1) is 10.2 Å². The summed E-state index contributed by atoms with van der Waals surface area (Å²) in [6, 6.07) is 5.55. The van der Waals surface area contributed by atoms with Crippen LogP contribution in [0.3, 0.4) is 0 Å². The normalized spacial score (nSPS) is 15.4. The van der Waals surface area contributed by atoms with Crippen LogP contribution in [0.1, 0.15) is 12.8 Å². The van der Waals surface area contributed by atoms with Crippen LogP contribution in [-0.2, 0) is 20.0 Å². The highest BCUT2D eigenvalue weighted by atomic mass is 32.2. The molecule has 0 saturated heterocycles. The average Bonchev–Trinajstić information content (AvgIpc) is 3.24. The van der Waals surface area contributed by atoms with Crippen molar-refractivity contribution >= 4 is 36.5 Å². The van der Waals surface area contributed by atoms with Gasteiger partial charge in [0.2, 0.25) is 15.2 Å². The van der Waals surface area contributed by atoms with Crippen LogP contribution in [0.2, 0.25) is 0 Å². The van der Waals surface area contributed by atoms with E-state index < -0.39 is 20.0 Å². The van der Waals surface area contributed by atoms with E-state index in [4.69, 9.17) is 0 Å². The molecule has 0 spiro atoms. The number of nitrogens with one attached hydrogen (secondary N) is 1. The predicted molar refractivity (Wildman–Crippen MR) is 89.9 cm³/mol. The van der Waals surface area contributed by atoms with Crippen LogP contribution in [0.15, 0.2) is 39.6 Å². The molecule has 1 N–H and O–H groups in total. The number of aromatic nitrogens is 2. The van der Waals surface area contributed by atoms with Gasteiger partial charge in [-0.05, 0) is 30.9 Å². The van der Waals surface area contributed by atoms with Crippen molar-refractivity contribution in [2.75, 3.05) is 17.9 Å². The quantitative estimate of drug-likeness (QED) is 0.759. The van der Waals surface area contributed by atoms with Crippen LogP contribution in [0.5, 0.6) is 0 Å². The third kappa shape index (κ3) is 3.43. The molecule has 0 unspecified atom stereocenters. The summed E-state index contributed by atoms with van der Waals surface area (Å²) in [5, 5.41) is 7.49. The number of rotatable bonds is 7. The fourth-order valence-corrected chi connectivity index (χ4v) is 5.88. The zero-order valence-corrected chi connectivity index (χ0v) is 15.2. The van der Waals surface area contributed by atoms with Gasteiger partial charge in [0, 0.05) is 13.6 Å². The zero-order chi connectivity index (χ0) is 17.4. The molecule has 24 heavy (non-hydrogen) atoms. The summed E-state index contributed by atoms with van der Waals surface area (Å²) in [6.07, 6.45) is 1.98. The lowest BCUT2D eigenvalue weighted by Crippen LogP contribution is -2.31. The van der Waals surface area contributed by atoms with Crippen molar-refractivity contribution in [3.8, 4) is 0 Å². The Balaban J connectivity index is 1.99. The summed E-state index contributed by atoms with van der Waals surface area (Å²) in [5.41, 5.74) is 1.40. The number of anilines is 1. The maximum Gasteiger partial charge on any atom is 0.267 e. The summed E-state index contributed by atoms with van der Waals surface area (Å²) < 4.78 is 54.1. The summed E-state index contributed by atoms with van der Waals surface area (Å²) in [4.78, 5) is -0.548. The second-order valence-corrected chi connectivity index (χ2v) is 9.92. The largest absolute Gasteiger partial charge is 0.267 e. The minimum Gasteiger partial charge on any atom is -0.243 e. The highest BCUT2D eigenvalue weighted by molar-refractivity contribution is 7.94. The fourth-order valence-electron chi connectivity index (χ4n) is 2.07. The fraction of sp³-hybridized carbons (Fsp3) is 0.385. The smallest absolute Gasteiger partial charge is 0.243 e. The summed E-state index contributed by atoms with van der Waals surface area (Å²) in [5.74, 6) is 0.340. The van der Waals surface area contributed by atoms with E-state index in [9.17, 15) is 16.8 Å². The van der Waals surface area contributed by atoms with E-state index in [0.717, 1.165) is 28.5 Å². The summed E-state index contributed by atoms with van der Waals surface area (Å²) >= 11 is 1.05. The van der Waals surface area contributed by atoms with Crippen LogP contribution >= 0.6 is 11.3 Å². The summed E-state index contributed by atoms with van der Waals surface area (Å²) in [7, 11) is -6.68. The Hall–Kier alpha value is -1.56. The molecule has 1 fully saturated rings. The maximum absolute atomic E-state index is 12.8. The van der Waals surface area contributed by atoms with Crippen LogP contribution in [0.4, 0.5) is 5.13 Å². The zero-order valence-electron chi connectivity index (χ0n) is 12.8. The molecular formula is C13H16N4O4S3. The van der Waals surface area contributed by atoms with Gasteiger partial charge in [-0.1, -0.05) is 23.5 Å². The second-order valence-electron chi connectivity index (χ2n) is 5.44. The molecule has 11 heteroatoms. The Morgan fingerprint density at radius 2 is 1.88 bits per heavy atom. The standard InChI is InChI=1S/C13H16N4O4S3/c1-17(13-16-14-9-22-13)24(20,21)12-5-3-2-4-11(12)23(18,19)15-8-10-6-7-10/h2-5,9-10,15H,6-8H2,1H3. The van der Waals surface area contributed by atoms with Gasteiger partial charge in [0.05, 0.1) is 0 Å². The molecule has 1 aromatic heterocycles. The van der Waals surface area contributed by atoms with Gasteiger partial charge in [-0.3, -0.25) is 0 Å². The number of hydrogen-bond donors (Lipinski definition) is 1. The van der Waals surface area contributed by atoms with Crippen molar-refractivity contribution in [3.63, 3.8) is 0 Å². The van der Waals surface area contributed by atoms with E-state index >= 15 is 0 Å². The van der Waals surface area contributed by atoms with Crippen molar-refractivity contribution in [1.29, 1.82) is 0 Å². The minimum atomic E-state index is -4.08. The first kappa shape index (κ1) is 17.3. The maximum atomic E-state index is 12.8. The van der Waals surface area contributed by atoms with E-state index in [2.05, 4.69) is 14.9 Å². The third-order valence-electron chi connectivity index (χ3n) is 3.65. The van der Waals surface area contributed by atoms with E-state index in [0.29, 0.717) is 12.5 Å². The number of sulfonamides is 2. The van der Waals surface area contributed by atoms with E-state index in [1.165, 1.54) is 36.8 Å². The Labute approximate surface area is 144 Å². The monoisotopic (exact) mass is 388 g/mol. The second kappa shape index (κ2) is 6.39. The number of benzene rings is 1. The molecule has 1 saturated carbocycles. The molecule has 0 atom stereocenters. The SMILES string of the molecule is CN(c1nncs1)S(=O)(=O)c1ccccc1S(=O)(=O)NCC1CC1. The molecule has 3 rings (SSSR count). The average molecular weight is 388 g/mol. The van der Waals surface area contributed by atoms with Gasteiger partial charge in [0.1, 0.15) is 15.3 Å². The number of nitrogens with zero attached hydrogens (tertiary/aromatic N) is 3. The molecule has 2 aromatic rings. The lowest BCUT2D eigenvalue weighted by molar-refractivity contribution is 0.569. The summed E-state index contributed by atoms with van der Waals surface area (Å²) in [6.45, 7) is 0.322. The first-order valence-corrected chi connectivity index (χ1v) is 11.0. The highest BCUT2D eigenvalue weighted by Gasteiger charge is 2.32. The topological polar surface area (TPSA) is 109 Å². The lowest BCUT2D eigenvalue weighted by atomic mass is 10.4. The first-order chi connectivity index (χ1) is 11.3. The first-order valence-electron chi connectivity index (χ1n) is 7.16. The Kier molecular flexibility index (Phi) is 4.60. The highest BCUT2D eigenvalue weighted by Crippen LogP contribution is 2.30. The van der Waals surface area contributed by atoms with Crippen molar-refractivity contribution < 1.29 is 16.8 Å². The Bertz CT molecular complexity index is 922. The Morgan fingerprint density at radius 1 is 1.21 bits per heavy atom. The van der Waals surface area contributed by atoms with Crippen LogP contribution in [0.25, 0.3) is 0 Å². The van der Waals surface area contributed by atoms with Crippen LogP contribution in [-0.4, -0.2) is 40.6 Å². The molecule has 0 radical (unpaired) electrons. The van der Waals surface area contributed by atoms with Gasteiger partial charge < -0.3 is 0 Å². The van der Waals surface area contributed by atoms with E-state index in [1.807, 2.05) is 0 Å². The molecule has 0 amide bonds. The number of hydrogen-bond acceptors (Lipinski definition) is 7. The van der Waals surface area contributed by atoms with Gasteiger partial charge >= 0.3 is 0 Å². The Morgan fingerprint density at radius 3 is 2.46 bits per heavy atom. The van der Waals surface area contributed by atoms with Gasteiger partial charge in [-0.25, -0.2) is 25.9 Å². The third-order valence-corrected chi connectivity index (χ3v) is 7.95. The minimum absolute atomic E-state index is 0.160. The molecular weight excluding hydrogens is 372 g/mol. The van der Waals surface area contributed by atoms with Crippen molar-refractivity contribution in [2.24, 2.45) is 5.92 Å². The molecule has 0 aliphatic heterocycles. The van der Waals surface area contributed by atoms with Gasteiger partial charge in [-0.2, -0.15) is 0 Å². The van der Waals surface area contributed by atoms with E-state index in [-0.39, 0.29) is 14.9 Å². The molecule has 0 bridgehead atoms.